The third-order valence-electron chi connectivity index (χ3n) is 2.93. The molecule has 0 radical (unpaired) electrons. The lowest BCUT2D eigenvalue weighted by atomic mass is 10.00. The Kier molecular flexibility index (Phi) is 4.71. The molecule has 0 N–H and O–H groups in total. The Morgan fingerprint density at radius 1 is 1.17 bits per heavy atom. The molecular formula is C15H13BrCl2. The van der Waals surface area contributed by atoms with Crippen LogP contribution in [0.2, 0.25) is 5.02 Å². The second kappa shape index (κ2) is 6.10. The maximum absolute atomic E-state index is 6.50. The van der Waals surface area contributed by atoms with Crippen molar-refractivity contribution in [3.63, 3.8) is 0 Å². The average Bonchev–Trinajstić information content (AvgIpc) is 2.32. The maximum Gasteiger partial charge on any atom is 0.0628 e. The van der Waals surface area contributed by atoms with Crippen LogP contribution in [0.3, 0.4) is 0 Å². The fourth-order valence-corrected chi connectivity index (χ4v) is 3.06. The zero-order valence-electron chi connectivity index (χ0n) is 9.96. The molecule has 0 aliphatic carbocycles. The predicted molar refractivity (Wildman–Crippen MR) is 82.6 cm³/mol. The predicted octanol–water partition coefficient (Wildman–Crippen LogP) is 5.93. The zero-order valence-corrected chi connectivity index (χ0v) is 13.1. The van der Waals surface area contributed by atoms with E-state index in [9.17, 15) is 0 Å². The third-order valence-corrected chi connectivity index (χ3v) is 4.18. The number of rotatable bonds is 3. The van der Waals surface area contributed by atoms with Gasteiger partial charge < -0.3 is 0 Å². The Morgan fingerprint density at radius 2 is 1.89 bits per heavy atom. The van der Waals surface area contributed by atoms with Crippen LogP contribution >= 0.6 is 39.1 Å². The molecule has 0 nitrogen and oxygen atoms in total. The van der Waals surface area contributed by atoms with E-state index in [4.69, 9.17) is 23.2 Å². The van der Waals surface area contributed by atoms with E-state index < -0.39 is 0 Å². The summed E-state index contributed by atoms with van der Waals surface area (Å²) in [5.41, 5.74) is 3.43. The number of hydrogen-bond acceptors (Lipinski definition) is 0. The molecule has 3 heteroatoms. The largest absolute Gasteiger partial charge is 0.117 e. The summed E-state index contributed by atoms with van der Waals surface area (Å²) in [4.78, 5) is 0. The standard InChI is InChI=1S/C15H13BrCl2/c1-10-8-12(16)6-7-13(10)15(18)9-11-4-2-3-5-14(11)17/h2-8,15H,9H2,1H3. The van der Waals surface area contributed by atoms with E-state index in [-0.39, 0.29) is 5.38 Å². The van der Waals surface area contributed by atoms with Crippen molar-refractivity contribution in [3.05, 3.63) is 68.7 Å². The Labute approximate surface area is 126 Å². The molecule has 2 aromatic carbocycles. The first-order chi connectivity index (χ1) is 8.58. The molecule has 18 heavy (non-hydrogen) atoms. The summed E-state index contributed by atoms with van der Waals surface area (Å²) in [7, 11) is 0. The molecule has 0 fully saturated rings. The van der Waals surface area contributed by atoms with Gasteiger partial charge in [-0.1, -0.05) is 51.8 Å². The van der Waals surface area contributed by atoms with Crippen LogP contribution in [-0.2, 0) is 6.42 Å². The van der Waals surface area contributed by atoms with E-state index in [0.717, 1.165) is 27.0 Å². The lowest BCUT2D eigenvalue weighted by molar-refractivity contribution is 0.909. The summed E-state index contributed by atoms with van der Waals surface area (Å²) < 4.78 is 1.07. The fourth-order valence-electron chi connectivity index (χ4n) is 1.96. The highest BCUT2D eigenvalue weighted by Gasteiger charge is 2.13. The van der Waals surface area contributed by atoms with Crippen molar-refractivity contribution in [1.29, 1.82) is 0 Å². The van der Waals surface area contributed by atoms with E-state index in [1.807, 2.05) is 30.3 Å². The van der Waals surface area contributed by atoms with E-state index in [0.29, 0.717) is 0 Å². The van der Waals surface area contributed by atoms with Crippen molar-refractivity contribution < 1.29 is 0 Å². The van der Waals surface area contributed by atoms with Gasteiger partial charge >= 0.3 is 0 Å². The van der Waals surface area contributed by atoms with E-state index in [1.54, 1.807) is 0 Å². The molecule has 1 atom stereocenters. The van der Waals surface area contributed by atoms with Crippen LogP contribution in [0.5, 0.6) is 0 Å². The highest BCUT2D eigenvalue weighted by atomic mass is 79.9. The van der Waals surface area contributed by atoms with Crippen molar-refractivity contribution in [2.45, 2.75) is 18.7 Å². The second-order valence-electron chi connectivity index (χ2n) is 4.26. The van der Waals surface area contributed by atoms with Gasteiger partial charge in [0.2, 0.25) is 0 Å². The minimum Gasteiger partial charge on any atom is -0.117 e. The lowest BCUT2D eigenvalue weighted by Crippen LogP contribution is -1.99. The molecular weight excluding hydrogens is 331 g/mol. The van der Waals surface area contributed by atoms with Gasteiger partial charge in [-0.15, -0.1) is 11.6 Å². The van der Waals surface area contributed by atoms with Crippen molar-refractivity contribution in [3.8, 4) is 0 Å². The van der Waals surface area contributed by atoms with Gasteiger partial charge in [-0.05, 0) is 48.2 Å². The van der Waals surface area contributed by atoms with Gasteiger partial charge in [0.25, 0.3) is 0 Å². The fraction of sp³-hybridized carbons (Fsp3) is 0.200. The number of aryl methyl sites for hydroxylation is 1. The van der Waals surface area contributed by atoms with Crippen LogP contribution < -0.4 is 0 Å². The Hall–Kier alpha value is -0.500. The molecule has 0 amide bonds. The van der Waals surface area contributed by atoms with E-state index >= 15 is 0 Å². The van der Waals surface area contributed by atoms with Crippen molar-refractivity contribution in [2.24, 2.45) is 0 Å². The maximum atomic E-state index is 6.50. The van der Waals surface area contributed by atoms with Gasteiger partial charge in [-0.2, -0.15) is 0 Å². The van der Waals surface area contributed by atoms with Crippen LogP contribution in [-0.4, -0.2) is 0 Å². The molecule has 0 aliphatic rings. The molecule has 0 heterocycles. The van der Waals surface area contributed by atoms with Crippen molar-refractivity contribution in [2.75, 3.05) is 0 Å². The van der Waals surface area contributed by atoms with Crippen LogP contribution in [0.25, 0.3) is 0 Å². The number of benzene rings is 2. The Bertz CT molecular complexity index is 552. The molecule has 0 aromatic heterocycles. The first-order valence-corrected chi connectivity index (χ1v) is 7.32. The van der Waals surface area contributed by atoms with Crippen LogP contribution in [0.4, 0.5) is 0 Å². The van der Waals surface area contributed by atoms with Crippen LogP contribution in [0, 0.1) is 6.92 Å². The number of alkyl halides is 1. The molecule has 0 saturated carbocycles. The molecule has 1 unspecified atom stereocenters. The molecule has 2 aromatic rings. The topological polar surface area (TPSA) is 0 Å². The quantitative estimate of drug-likeness (QED) is 0.605. The van der Waals surface area contributed by atoms with Gasteiger partial charge in [0.1, 0.15) is 0 Å². The lowest BCUT2D eigenvalue weighted by Gasteiger charge is -2.14. The summed E-state index contributed by atoms with van der Waals surface area (Å²) in [6.45, 7) is 2.07. The Morgan fingerprint density at radius 3 is 2.56 bits per heavy atom. The van der Waals surface area contributed by atoms with Gasteiger partial charge in [0.05, 0.1) is 5.38 Å². The van der Waals surface area contributed by atoms with E-state index in [1.165, 1.54) is 5.56 Å². The van der Waals surface area contributed by atoms with Crippen molar-refractivity contribution >= 4 is 39.1 Å². The zero-order chi connectivity index (χ0) is 13.1. The van der Waals surface area contributed by atoms with Crippen LogP contribution in [0.15, 0.2) is 46.9 Å². The van der Waals surface area contributed by atoms with Gasteiger partial charge in [0, 0.05) is 9.50 Å². The third kappa shape index (κ3) is 3.28. The normalized spacial score (nSPS) is 12.4. The molecule has 0 aliphatic heterocycles. The first-order valence-electron chi connectivity index (χ1n) is 5.71. The minimum atomic E-state index is -0.0574. The average molecular weight is 344 g/mol. The van der Waals surface area contributed by atoms with Crippen LogP contribution in [0.1, 0.15) is 22.1 Å². The summed E-state index contributed by atoms with van der Waals surface area (Å²) in [6, 6.07) is 14.0. The second-order valence-corrected chi connectivity index (χ2v) is 6.11. The van der Waals surface area contributed by atoms with Gasteiger partial charge in [-0.25, -0.2) is 0 Å². The summed E-state index contributed by atoms with van der Waals surface area (Å²) in [5.74, 6) is 0. The first kappa shape index (κ1) is 13.9. The van der Waals surface area contributed by atoms with E-state index in [2.05, 4.69) is 35.0 Å². The SMILES string of the molecule is Cc1cc(Br)ccc1C(Cl)Cc1ccccc1Cl. The molecule has 0 saturated heterocycles. The molecule has 2 rings (SSSR count). The molecule has 0 bridgehead atoms. The summed E-state index contributed by atoms with van der Waals surface area (Å²) in [6.07, 6.45) is 0.740. The molecule has 0 spiro atoms. The monoisotopic (exact) mass is 342 g/mol. The number of halogens is 3. The van der Waals surface area contributed by atoms with Gasteiger partial charge in [-0.3, -0.25) is 0 Å². The smallest absolute Gasteiger partial charge is 0.0628 e. The highest BCUT2D eigenvalue weighted by molar-refractivity contribution is 9.10. The minimum absolute atomic E-state index is 0.0574. The highest BCUT2D eigenvalue weighted by Crippen LogP contribution is 2.31. The Balaban J connectivity index is 2.22. The summed E-state index contributed by atoms with van der Waals surface area (Å²) >= 11 is 16.1. The van der Waals surface area contributed by atoms with Gasteiger partial charge in [0.15, 0.2) is 0 Å². The molecule has 94 valence electrons. The van der Waals surface area contributed by atoms with Crippen molar-refractivity contribution in [1.82, 2.24) is 0 Å². The summed E-state index contributed by atoms with van der Waals surface area (Å²) in [5, 5.41) is 0.718. The number of hydrogen-bond donors (Lipinski definition) is 0.